The minimum absolute atomic E-state index is 0.0736. The van der Waals surface area contributed by atoms with Gasteiger partial charge in [0.25, 0.3) is 5.91 Å². The maximum absolute atomic E-state index is 13.4. The van der Waals surface area contributed by atoms with Gasteiger partial charge in [0, 0.05) is 38.2 Å². The number of hydrogen-bond donors (Lipinski definition) is 0. The highest BCUT2D eigenvalue weighted by molar-refractivity contribution is 5.99. The number of nitrogens with zero attached hydrogens (tertiary/aromatic N) is 5. The molecule has 6 nitrogen and oxygen atoms in total. The monoisotopic (exact) mass is 413 g/mol. The molecule has 0 atom stereocenters. The molecular formula is C25H27N5O. The molecule has 2 aromatic heterocycles. The van der Waals surface area contributed by atoms with Gasteiger partial charge >= 0.3 is 0 Å². The molecule has 0 aliphatic carbocycles. The normalized spacial score (nSPS) is 11.0. The first-order valence-electron chi connectivity index (χ1n) is 10.3. The molecular weight excluding hydrogens is 386 g/mol. The molecule has 0 N–H and O–H groups in total. The summed E-state index contributed by atoms with van der Waals surface area (Å²) < 4.78 is 3.77. The molecule has 2 heterocycles. The summed E-state index contributed by atoms with van der Waals surface area (Å²) in [5.74, 6) is 0.760. The zero-order valence-electron chi connectivity index (χ0n) is 18.4. The predicted molar refractivity (Wildman–Crippen MR) is 122 cm³/mol. The molecule has 31 heavy (non-hydrogen) atoms. The number of aryl methyl sites for hydroxylation is 3. The highest BCUT2D eigenvalue weighted by Crippen LogP contribution is 2.26. The number of rotatable bonds is 6. The van der Waals surface area contributed by atoms with Gasteiger partial charge in [0.2, 0.25) is 0 Å². The molecule has 0 saturated carbocycles. The molecule has 0 bridgehead atoms. The van der Waals surface area contributed by atoms with E-state index in [4.69, 9.17) is 5.10 Å². The number of carbonyl (C=O) groups is 1. The van der Waals surface area contributed by atoms with Crippen LogP contribution < -0.4 is 0 Å². The predicted octanol–water partition coefficient (Wildman–Crippen LogP) is 4.22. The van der Waals surface area contributed by atoms with Crippen molar-refractivity contribution >= 4 is 5.91 Å². The van der Waals surface area contributed by atoms with Crippen LogP contribution in [-0.2, 0) is 20.1 Å². The lowest BCUT2D eigenvalue weighted by atomic mass is 10.0. The summed E-state index contributed by atoms with van der Waals surface area (Å²) in [6, 6.07) is 16.3. The van der Waals surface area contributed by atoms with Crippen LogP contribution in [-0.4, -0.2) is 37.2 Å². The van der Waals surface area contributed by atoms with Crippen LogP contribution in [0.3, 0.4) is 0 Å². The van der Waals surface area contributed by atoms with Gasteiger partial charge in [0.05, 0.1) is 18.7 Å². The molecule has 1 amide bonds. The van der Waals surface area contributed by atoms with Gasteiger partial charge in [-0.3, -0.25) is 9.48 Å². The third-order valence-corrected chi connectivity index (χ3v) is 5.61. The third kappa shape index (κ3) is 4.43. The van der Waals surface area contributed by atoms with Crippen LogP contribution in [0.5, 0.6) is 0 Å². The summed E-state index contributed by atoms with van der Waals surface area (Å²) in [5.41, 5.74) is 5.77. The minimum Gasteiger partial charge on any atom is -0.337 e. The van der Waals surface area contributed by atoms with Crippen molar-refractivity contribution in [2.75, 3.05) is 7.05 Å². The molecule has 0 unspecified atom stereocenters. The van der Waals surface area contributed by atoms with E-state index in [0.29, 0.717) is 24.3 Å². The lowest BCUT2D eigenvalue weighted by Crippen LogP contribution is -2.27. The number of carbonyl (C=O) groups excluding carboxylic acids is 1. The summed E-state index contributed by atoms with van der Waals surface area (Å²) in [4.78, 5) is 19.5. The van der Waals surface area contributed by atoms with E-state index < -0.39 is 0 Å². The fourth-order valence-electron chi connectivity index (χ4n) is 3.57. The van der Waals surface area contributed by atoms with Gasteiger partial charge in [-0.1, -0.05) is 42.5 Å². The number of benzene rings is 2. The third-order valence-electron chi connectivity index (χ3n) is 5.61. The van der Waals surface area contributed by atoms with E-state index in [1.807, 2.05) is 53.0 Å². The molecule has 0 spiro atoms. The first-order valence-corrected chi connectivity index (χ1v) is 10.3. The Hall–Kier alpha value is -3.67. The maximum Gasteiger partial charge on any atom is 0.257 e. The number of imidazole rings is 1. The number of hydrogen-bond acceptors (Lipinski definition) is 3. The van der Waals surface area contributed by atoms with Crippen molar-refractivity contribution in [3.8, 4) is 11.3 Å². The second-order valence-electron chi connectivity index (χ2n) is 7.99. The van der Waals surface area contributed by atoms with Gasteiger partial charge in [0.15, 0.2) is 0 Å². The zero-order valence-corrected chi connectivity index (χ0v) is 18.4. The van der Waals surface area contributed by atoms with E-state index in [1.54, 1.807) is 18.1 Å². The summed E-state index contributed by atoms with van der Waals surface area (Å²) in [6.07, 6.45) is 5.48. The van der Waals surface area contributed by atoms with Crippen LogP contribution in [0, 0.1) is 13.8 Å². The van der Waals surface area contributed by atoms with Crippen molar-refractivity contribution in [3.05, 3.63) is 95.2 Å². The zero-order chi connectivity index (χ0) is 22.0. The maximum atomic E-state index is 13.4. The molecule has 158 valence electrons. The van der Waals surface area contributed by atoms with Gasteiger partial charge in [-0.15, -0.1) is 0 Å². The highest BCUT2D eigenvalue weighted by Gasteiger charge is 2.22. The van der Waals surface area contributed by atoms with Crippen LogP contribution in [0.1, 0.15) is 32.9 Å². The fraction of sp³-hybridized carbons (Fsp3) is 0.240. The summed E-state index contributed by atoms with van der Waals surface area (Å²) in [6.45, 7) is 5.20. The standard InChI is InChI=1S/C25H27N5O/c1-18-10-11-21(14-19(18)2)24-22(16-30(27-24)15-20-8-6-5-7-9-20)25(31)29(4)17-23-26-12-13-28(23)3/h5-14,16H,15,17H2,1-4H3. The molecule has 0 saturated heterocycles. The summed E-state index contributed by atoms with van der Waals surface area (Å²) in [5, 5.41) is 4.81. The summed E-state index contributed by atoms with van der Waals surface area (Å²) in [7, 11) is 3.73. The minimum atomic E-state index is -0.0736. The van der Waals surface area contributed by atoms with E-state index in [1.165, 1.54) is 11.1 Å². The Bertz CT molecular complexity index is 1210. The lowest BCUT2D eigenvalue weighted by molar-refractivity contribution is 0.0781. The quantitative estimate of drug-likeness (QED) is 0.476. The van der Waals surface area contributed by atoms with Crippen LogP contribution in [0.25, 0.3) is 11.3 Å². The van der Waals surface area contributed by atoms with Crippen LogP contribution in [0.2, 0.25) is 0 Å². The Labute approximate surface area is 182 Å². The first kappa shape index (κ1) is 20.6. The van der Waals surface area contributed by atoms with E-state index in [9.17, 15) is 4.79 Å². The van der Waals surface area contributed by atoms with Gasteiger partial charge < -0.3 is 9.47 Å². The smallest absolute Gasteiger partial charge is 0.257 e. The fourth-order valence-corrected chi connectivity index (χ4v) is 3.57. The van der Waals surface area contributed by atoms with Crippen molar-refractivity contribution in [1.29, 1.82) is 0 Å². The second-order valence-corrected chi connectivity index (χ2v) is 7.99. The van der Waals surface area contributed by atoms with Crippen molar-refractivity contribution in [2.45, 2.75) is 26.9 Å². The van der Waals surface area contributed by atoms with Crippen LogP contribution >= 0.6 is 0 Å². The molecule has 0 aliphatic rings. The highest BCUT2D eigenvalue weighted by atomic mass is 16.2. The van der Waals surface area contributed by atoms with E-state index in [-0.39, 0.29) is 5.91 Å². The number of amides is 1. The second kappa shape index (κ2) is 8.60. The van der Waals surface area contributed by atoms with Crippen LogP contribution in [0.15, 0.2) is 67.1 Å². The molecule has 4 rings (SSSR count). The molecule has 6 heteroatoms. The largest absolute Gasteiger partial charge is 0.337 e. The van der Waals surface area contributed by atoms with Crippen molar-refractivity contribution in [1.82, 2.24) is 24.2 Å². The van der Waals surface area contributed by atoms with Crippen molar-refractivity contribution < 1.29 is 4.79 Å². The van der Waals surface area contributed by atoms with E-state index in [2.05, 4.69) is 43.1 Å². The number of aromatic nitrogens is 4. The molecule has 0 fully saturated rings. The average molecular weight is 414 g/mol. The molecule has 0 radical (unpaired) electrons. The van der Waals surface area contributed by atoms with Gasteiger partial charge in [-0.25, -0.2) is 4.98 Å². The Morgan fingerprint density at radius 2 is 1.84 bits per heavy atom. The van der Waals surface area contributed by atoms with Crippen molar-refractivity contribution in [3.63, 3.8) is 0 Å². The Morgan fingerprint density at radius 1 is 1.06 bits per heavy atom. The van der Waals surface area contributed by atoms with Gasteiger partial charge in [-0.2, -0.15) is 5.10 Å². The SMILES string of the molecule is Cc1ccc(-c2nn(Cc3ccccc3)cc2C(=O)N(C)Cc2nccn2C)cc1C. The Morgan fingerprint density at radius 3 is 2.52 bits per heavy atom. The lowest BCUT2D eigenvalue weighted by Gasteiger charge is -2.17. The average Bonchev–Trinajstić information content (AvgIpc) is 3.36. The molecule has 4 aromatic rings. The Kier molecular flexibility index (Phi) is 5.71. The molecule has 0 aliphatic heterocycles. The molecule has 2 aromatic carbocycles. The van der Waals surface area contributed by atoms with Gasteiger partial charge in [0.1, 0.15) is 11.5 Å². The van der Waals surface area contributed by atoms with Crippen molar-refractivity contribution in [2.24, 2.45) is 7.05 Å². The topological polar surface area (TPSA) is 56.0 Å². The Balaban J connectivity index is 1.70. The van der Waals surface area contributed by atoms with Crippen LogP contribution in [0.4, 0.5) is 0 Å². The van der Waals surface area contributed by atoms with Gasteiger partial charge in [-0.05, 0) is 36.6 Å². The first-order chi connectivity index (χ1) is 14.9. The van der Waals surface area contributed by atoms with E-state index in [0.717, 1.165) is 17.0 Å². The summed E-state index contributed by atoms with van der Waals surface area (Å²) >= 11 is 0. The van der Waals surface area contributed by atoms with E-state index >= 15 is 0 Å².